The van der Waals surface area contributed by atoms with E-state index < -0.39 is 23.6 Å². The maximum Gasteiger partial charge on any atom is 0.408 e. The molecule has 1 heterocycles. The second-order valence-corrected chi connectivity index (χ2v) is 10.4. The number of nitrogens with zero attached hydrogens (tertiary/aromatic N) is 1. The second-order valence-electron chi connectivity index (χ2n) is 10.4. The summed E-state index contributed by atoms with van der Waals surface area (Å²) >= 11 is 0. The van der Waals surface area contributed by atoms with Gasteiger partial charge in [0.05, 0.1) is 0 Å². The number of alkyl carbamates (subject to hydrolysis) is 1. The molecule has 0 aromatic heterocycles. The summed E-state index contributed by atoms with van der Waals surface area (Å²) in [7, 11) is 0. The average Bonchev–Trinajstić information content (AvgIpc) is 3.07. The number of hydrogen-bond acceptors (Lipinski definition) is 4. The van der Waals surface area contributed by atoms with Crippen molar-refractivity contribution in [1.82, 2.24) is 15.5 Å². The van der Waals surface area contributed by atoms with Gasteiger partial charge < -0.3 is 20.3 Å². The monoisotopic (exact) mass is 419 g/mol. The van der Waals surface area contributed by atoms with Crippen LogP contribution >= 0.6 is 0 Å². The lowest BCUT2D eigenvalue weighted by molar-refractivity contribution is -0.142. The van der Waals surface area contributed by atoms with Crippen LogP contribution in [-0.2, 0) is 14.3 Å². The normalized spacial score (nSPS) is 29.9. The third kappa shape index (κ3) is 4.98. The van der Waals surface area contributed by atoms with E-state index >= 15 is 0 Å². The summed E-state index contributed by atoms with van der Waals surface area (Å²) in [6, 6.07) is -1.25. The van der Waals surface area contributed by atoms with E-state index in [-0.39, 0.29) is 29.4 Å². The van der Waals surface area contributed by atoms with Crippen LogP contribution in [-0.4, -0.2) is 53.1 Å². The smallest absolute Gasteiger partial charge is 0.408 e. The Bertz CT molecular complexity index is 695. The molecule has 7 nitrogen and oxygen atoms in total. The van der Waals surface area contributed by atoms with Gasteiger partial charge >= 0.3 is 6.09 Å². The predicted octanol–water partition coefficient (Wildman–Crippen LogP) is 3.14. The fourth-order valence-corrected chi connectivity index (χ4v) is 4.68. The van der Waals surface area contributed by atoms with E-state index in [1.165, 1.54) is 0 Å². The number of likely N-dealkylation sites (tertiary alicyclic amines) is 1. The molecule has 4 atom stereocenters. The Hall–Kier alpha value is -2.05. The molecule has 1 unspecified atom stereocenters. The first kappa shape index (κ1) is 22.6. The summed E-state index contributed by atoms with van der Waals surface area (Å²) < 4.78 is 5.51. The van der Waals surface area contributed by atoms with Crippen molar-refractivity contribution in [2.75, 3.05) is 6.54 Å². The molecule has 1 saturated heterocycles. The van der Waals surface area contributed by atoms with Crippen molar-refractivity contribution < 1.29 is 19.1 Å². The van der Waals surface area contributed by atoms with Crippen LogP contribution in [0.25, 0.3) is 0 Å². The first-order chi connectivity index (χ1) is 14.0. The molecule has 3 fully saturated rings. The number of carbonyl (C=O) groups is 3. The first-order valence-corrected chi connectivity index (χ1v) is 11.3. The Labute approximate surface area is 180 Å². The van der Waals surface area contributed by atoms with E-state index in [4.69, 9.17) is 4.74 Å². The SMILES string of the molecule is C=C[C@@H]1C[C@@]1(C)NC(=O)C1CCCN1C(=O)[C@@H](NC(=O)OC1CCCC1)C(C)(C)C. The molecule has 0 aromatic rings. The number of nitrogens with one attached hydrogen (secondary N) is 2. The molecular formula is C23H37N3O4. The van der Waals surface area contributed by atoms with Crippen molar-refractivity contribution in [2.24, 2.45) is 11.3 Å². The van der Waals surface area contributed by atoms with Crippen LogP contribution < -0.4 is 10.6 Å². The lowest BCUT2D eigenvalue weighted by Gasteiger charge is -2.35. The zero-order chi connectivity index (χ0) is 22.1. The highest BCUT2D eigenvalue weighted by atomic mass is 16.6. The molecule has 1 aliphatic heterocycles. The summed E-state index contributed by atoms with van der Waals surface area (Å²) in [5.74, 6) is -0.0556. The fraction of sp³-hybridized carbons (Fsp3) is 0.783. The zero-order valence-electron chi connectivity index (χ0n) is 18.8. The number of rotatable bonds is 6. The Balaban J connectivity index is 1.65. The van der Waals surface area contributed by atoms with Crippen molar-refractivity contribution in [3.8, 4) is 0 Å². The number of amides is 3. The molecule has 0 bridgehead atoms. The van der Waals surface area contributed by atoms with E-state index in [0.29, 0.717) is 13.0 Å². The van der Waals surface area contributed by atoms with Crippen molar-refractivity contribution >= 4 is 17.9 Å². The molecule has 3 rings (SSSR count). The van der Waals surface area contributed by atoms with Gasteiger partial charge in [-0.25, -0.2) is 4.79 Å². The van der Waals surface area contributed by atoms with Gasteiger partial charge in [-0.05, 0) is 57.3 Å². The van der Waals surface area contributed by atoms with Gasteiger partial charge in [0.15, 0.2) is 0 Å². The summed E-state index contributed by atoms with van der Waals surface area (Å²) in [5.41, 5.74) is -0.769. The molecule has 0 radical (unpaired) electrons. The van der Waals surface area contributed by atoms with Crippen LogP contribution in [0.5, 0.6) is 0 Å². The van der Waals surface area contributed by atoms with Crippen molar-refractivity contribution in [3.63, 3.8) is 0 Å². The molecule has 168 valence electrons. The lowest BCUT2D eigenvalue weighted by Crippen LogP contribution is -2.58. The van der Waals surface area contributed by atoms with Crippen LogP contribution in [0.1, 0.15) is 72.6 Å². The minimum atomic E-state index is -0.753. The Morgan fingerprint density at radius 3 is 2.40 bits per heavy atom. The van der Waals surface area contributed by atoms with Crippen LogP contribution in [0, 0.1) is 11.3 Å². The maximum absolute atomic E-state index is 13.4. The maximum atomic E-state index is 13.4. The summed E-state index contributed by atoms with van der Waals surface area (Å²) in [4.78, 5) is 40.5. The van der Waals surface area contributed by atoms with Crippen molar-refractivity contribution in [3.05, 3.63) is 12.7 Å². The van der Waals surface area contributed by atoms with Crippen LogP contribution in [0.3, 0.4) is 0 Å². The molecule has 0 spiro atoms. The highest BCUT2D eigenvalue weighted by molar-refractivity contribution is 5.92. The summed E-state index contributed by atoms with van der Waals surface area (Å²) in [5, 5.41) is 5.91. The van der Waals surface area contributed by atoms with Crippen molar-refractivity contribution in [1.29, 1.82) is 0 Å². The number of carbonyl (C=O) groups excluding carboxylic acids is 3. The van der Waals surface area contributed by atoms with Crippen LogP contribution in [0.15, 0.2) is 12.7 Å². The molecule has 2 N–H and O–H groups in total. The second kappa shape index (κ2) is 8.60. The minimum absolute atomic E-state index is 0.0666. The molecule has 30 heavy (non-hydrogen) atoms. The van der Waals surface area contributed by atoms with Crippen molar-refractivity contribution in [2.45, 2.75) is 96.4 Å². The van der Waals surface area contributed by atoms with Gasteiger partial charge in [0.25, 0.3) is 0 Å². The van der Waals surface area contributed by atoms with Gasteiger partial charge in [-0.2, -0.15) is 0 Å². The molecule has 0 aromatic carbocycles. The third-order valence-electron chi connectivity index (χ3n) is 6.79. The molecule has 2 aliphatic carbocycles. The molecule has 2 saturated carbocycles. The highest BCUT2D eigenvalue weighted by Gasteiger charge is 2.51. The van der Waals surface area contributed by atoms with E-state index in [9.17, 15) is 14.4 Å². The topological polar surface area (TPSA) is 87.7 Å². The van der Waals surface area contributed by atoms with E-state index in [1.54, 1.807) is 4.90 Å². The summed E-state index contributed by atoms with van der Waals surface area (Å²) in [6.45, 7) is 12.1. The fourth-order valence-electron chi connectivity index (χ4n) is 4.68. The van der Waals surface area contributed by atoms with Gasteiger partial charge in [-0.15, -0.1) is 6.58 Å². The minimum Gasteiger partial charge on any atom is -0.446 e. The summed E-state index contributed by atoms with van der Waals surface area (Å²) in [6.07, 6.45) is 7.42. The van der Waals surface area contributed by atoms with Crippen LogP contribution in [0.4, 0.5) is 4.79 Å². The first-order valence-electron chi connectivity index (χ1n) is 11.3. The highest BCUT2D eigenvalue weighted by Crippen LogP contribution is 2.44. The third-order valence-corrected chi connectivity index (χ3v) is 6.79. The predicted molar refractivity (Wildman–Crippen MR) is 115 cm³/mol. The Morgan fingerprint density at radius 1 is 1.17 bits per heavy atom. The lowest BCUT2D eigenvalue weighted by atomic mass is 9.85. The van der Waals surface area contributed by atoms with Gasteiger partial charge in [0.2, 0.25) is 11.8 Å². The Kier molecular flexibility index (Phi) is 6.48. The van der Waals surface area contributed by atoms with Gasteiger partial charge in [0.1, 0.15) is 18.2 Å². The Morgan fingerprint density at radius 2 is 1.83 bits per heavy atom. The quantitative estimate of drug-likeness (QED) is 0.648. The average molecular weight is 420 g/mol. The van der Waals surface area contributed by atoms with Gasteiger partial charge in [0, 0.05) is 18.0 Å². The van der Waals surface area contributed by atoms with E-state index in [1.807, 2.05) is 33.8 Å². The number of ether oxygens (including phenoxy) is 1. The standard InChI is InChI=1S/C23H37N3O4/c1-6-15-14-23(15,5)25-19(27)17-12-9-13-26(17)20(28)18(22(2,3)4)24-21(29)30-16-10-7-8-11-16/h6,15-18H,1,7-14H2,2-5H3,(H,24,29)(H,25,27)/t15-,17?,18-,23-/m1/s1. The number of hydrogen-bond donors (Lipinski definition) is 2. The molecular weight excluding hydrogens is 382 g/mol. The molecule has 7 heteroatoms. The van der Waals surface area contributed by atoms with Crippen LogP contribution in [0.2, 0.25) is 0 Å². The molecule has 3 amide bonds. The van der Waals surface area contributed by atoms with E-state index in [2.05, 4.69) is 17.2 Å². The molecule has 3 aliphatic rings. The van der Waals surface area contributed by atoms with Gasteiger partial charge in [-0.1, -0.05) is 26.8 Å². The van der Waals surface area contributed by atoms with E-state index in [0.717, 1.165) is 38.5 Å². The largest absolute Gasteiger partial charge is 0.446 e. The zero-order valence-corrected chi connectivity index (χ0v) is 18.8. The van der Waals surface area contributed by atoms with Gasteiger partial charge in [-0.3, -0.25) is 9.59 Å².